The first-order valence-electron chi connectivity index (χ1n) is 3.48. The molecule has 0 bridgehead atoms. The van der Waals surface area contributed by atoms with Gasteiger partial charge in [-0.3, -0.25) is 9.59 Å². The molecule has 0 aromatic heterocycles. The SMILES string of the molecule is CC=CC=CC(=O)CC(C)=O. The lowest BCUT2D eigenvalue weighted by Gasteiger charge is -1.85. The Bertz CT molecular complexity index is 200. The molecule has 0 saturated carbocycles. The van der Waals surface area contributed by atoms with E-state index in [4.69, 9.17) is 0 Å². The second-order valence-corrected chi connectivity index (χ2v) is 2.23. The molecular formula is C9H12O2. The highest BCUT2D eigenvalue weighted by Gasteiger charge is 1.98. The number of hydrogen-bond donors (Lipinski definition) is 0. The quantitative estimate of drug-likeness (QED) is 0.349. The van der Waals surface area contributed by atoms with E-state index in [1.807, 2.05) is 13.0 Å². The van der Waals surface area contributed by atoms with E-state index in [1.54, 1.807) is 12.2 Å². The van der Waals surface area contributed by atoms with Crippen molar-refractivity contribution in [3.8, 4) is 0 Å². The van der Waals surface area contributed by atoms with E-state index < -0.39 is 0 Å². The topological polar surface area (TPSA) is 34.1 Å². The van der Waals surface area contributed by atoms with Crippen molar-refractivity contribution in [3.05, 3.63) is 24.3 Å². The van der Waals surface area contributed by atoms with E-state index in [0.29, 0.717) is 0 Å². The Labute approximate surface area is 66.6 Å². The van der Waals surface area contributed by atoms with Crippen molar-refractivity contribution in [2.24, 2.45) is 0 Å². The molecule has 0 saturated heterocycles. The van der Waals surface area contributed by atoms with E-state index in [0.717, 1.165) is 0 Å². The minimum atomic E-state index is -0.143. The van der Waals surface area contributed by atoms with Crippen LogP contribution in [0.1, 0.15) is 20.3 Å². The largest absolute Gasteiger partial charge is 0.300 e. The summed E-state index contributed by atoms with van der Waals surface area (Å²) in [5, 5.41) is 0. The lowest BCUT2D eigenvalue weighted by Crippen LogP contribution is -1.99. The molecule has 0 amide bonds. The maximum atomic E-state index is 10.8. The van der Waals surface area contributed by atoms with Crippen LogP contribution in [0.2, 0.25) is 0 Å². The zero-order valence-corrected chi connectivity index (χ0v) is 6.83. The molecule has 0 heterocycles. The third-order valence-corrected chi connectivity index (χ3v) is 1.01. The van der Waals surface area contributed by atoms with Crippen LogP contribution in [0.15, 0.2) is 24.3 Å². The number of Topliss-reactive ketones (excluding diaryl/α,β-unsaturated/α-hetero) is 1. The van der Waals surface area contributed by atoms with Crippen LogP contribution in [0.25, 0.3) is 0 Å². The number of carbonyl (C=O) groups excluding carboxylic acids is 2. The molecule has 0 radical (unpaired) electrons. The molecule has 0 fully saturated rings. The summed E-state index contributed by atoms with van der Waals surface area (Å²) in [6, 6.07) is 0. The van der Waals surface area contributed by atoms with Crippen LogP contribution in [-0.4, -0.2) is 11.6 Å². The molecule has 0 rings (SSSR count). The molecule has 0 aromatic carbocycles. The lowest BCUT2D eigenvalue weighted by molar-refractivity contribution is -0.123. The first kappa shape index (κ1) is 9.82. The second kappa shape index (κ2) is 5.59. The molecule has 0 aromatic rings. The van der Waals surface area contributed by atoms with Crippen LogP contribution in [-0.2, 0) is 9.59 Å². The van der Waals surface area contributed by atoms with Gasteiger partial charge in [0.1, 0.15) is 5.78 Å². The van der Waals surface area contributed by atoms with Gasteiger partial charge in [0.2, 0.25) is 0 Å². The lowest BCUT2D eigenvalue weighted by atomic mass is 10.2. The van der Waals surface area contributed by atoms with Crippen LogP contribution in [0.4, 0.5) is 0 Å². The van der Waals surface area contributed by atoms with Gasteiger partial charge in [-0.2, -0.15) is 0 Å². The van der Waals surface area contributed by atoms with E-state index in [9.17, 15) is 9.59 Å². The van der Waals surface area contributed by atoms with Crippen molar-refractivity contribution >= 4 is 11.6 Å². The van der Waals surface area contributed by atoms with Crippen LogP contribution >= 0.6 is 0 Å². The summed E-state index contributed by atoms with van der Waals surface area (Å²) in [6.07, 6.45) is 6.61. The number of allylic oxidation sites excluding steroid dienone is 4. The molecule has 11 heavy (non-hydrogen) atoms. The summed E-state index contributed by atoms with van der Waals surface area (Å²) in [4.78, 5) is 21.2. The number of carbonyl (C=O) groups is 2. The van der Waals surface area contributed by atoms with E-state index >= 15 is 0 Å². The van der Waals surface area contributed by atoms with Gasteiger partial charge in [-0.1, -0.05) is 18.2 Å². The van der Waals surface area contributed by atoms with Gasteiger partial charge in [0.05, 0.1) is 6.42 Å². The average Bonchev–Trinajstić information content (AvgIpc) is 1.86. The van der Waals surface area contributed by atoms with Crippen LogP contribution in [0, 0.1) is 0 Å². The summed E-state index contributed by atoms with van der Waals surface area (Å²) in [5.41, 5.74) is 0. The Balaban J connectivity index is 3.78. The van der Waals surface area contributed by atoms with E-state index in [1.165, 1.54) is 13.0 Å². The number of hydrogen-bond acceptors (Lipinski definition) is 2. The maximum absolute atomic E-state index is 10.8. The highest BCUT2D eigenvalue weighted by molar-refractivity contribution is 6.03. The zero-order valence-electron chi connectivity index (χ0n) is 6.83. The molecule has 2 heteroatoms. The Morgan fingerprint density at radius 3 is 2.36 bits per heavy atom. The molecule has 60 valence electrons. The fourth-order valence-corrected chi connectivity index (χ4v) is 0.578. The third-order valence-electron chi connectivity index (χ3n) is 1.01. The van der Waals surface area contributed by atoms with Crippen molar-refractivity contribution in [1.82, 2.24) is 0 Å². The van der Waals surface area contributed by atoms with E-state index in [2.05, 4.69) is 0 Å². The molecule has 2 nitrogen and oxygen atoms in total. The van der Waals surface area contributed by atoms with Gasteiger partial charge in [0, 0.05) is 0 Å². The molecule has 0 aliphatic carbocycles. The van der Waals surface area contributed by atoms with Crippen molar-refractivity contribution in [3.63, 3.8) is 0 Å². The van der Waals surface area contributed by atoms with Crippen molar-refractivity contribution in [2.45, 2.75) is 20.3 Å². The molecule has 0 aliphatic rings. The van der Waals surface area contributed by atoms with E-state index in [-0.39, 0.29) is 18.0 Å². The Morgan fingerprint density at radius 2 is 1.91 bits per heavy atom. The fourth-order valence-electron chi connectivity index (χ4n) is 0.578. The Morgan fingerprint density at radius 1 is 1.27 bits per heavy atom. The summed E-state index contributed by atoms with van der Waals surface area (Å²) >= 11 is 0. The molecule has 0 aliphatic heterocycles. The molecule has 0 spiro atoms. The highest BCUT2D eigenvalue weighted by Crippen LogP contribution is 1.87. The van der Waals surface area contributed by atoms with Crippen LogP contribution in [0.5, 0.6) is 0 Å². The predicted octanol–water partition coefficient (Wildman–Crippen LogP) is 1.67. The first-order chi connectivity index (χ1) is 5.16. The van der Waals surface area contributed by atoms with Gasteiger partial charge in [0.25, 0.3) is 0 Å². The molecular weight excluding hydrogens is 140 g/mol. The monoisotopic (exact) mass is 152 g/mol. The zero-order chi connectivity index (χ0) is 8.69. The van der Waals surface area contributed by atoms with Crippen molar-refractivity contribution in [2.75, 3.05) is 0 Å². The predicted molar refractivity (Wildman–Crippen MR) is 44.3 cm³/mol. The van der Waals surface area contributed by atoms with Gasteiger partial charge in [-0.15, -0.1) is 0 Å². The third kappa shape index (κ3) is 6.71. The molecule has 0 N–H and O–H groups in total. The van der Waals surface area contributed by atoms with Gasteiger partial charge >= 0.3 is 0 Å². The fraction of sp³-hybridized carbons (Fsp3) is 0.333. The summed E-state index contributed by atoms with van der Waals surface area (Å²) < 4.78 is 0. The molecule has 0 atom stereocenters. The summed E-state index contributed by atoms with van der Waals surface area (Å²) in [7, 11) is 0. The smallest absolute Gasteiger partial charge is 0.163 e. The first-order valence-corrected chi connectivity index (χ1v) is 3.48. The second-order valence-electron chi connectivity index (χ2n) is 2.23. The number of rotatable bonds is 4. The minimum Gasteiger partial charge on any atom is -0.300 e. The summed E-state index contributed by atoms with van der Waals surface area (Å²) in [6.45, 7) is 3.27. The average molecular weight is 152 g/mol. The molecule has 0 unspecified atom stereocenters. The number of ketones is 2. The van der Waals surface area contributed by atoms with Gasteiger partial charge < -0.3 is 0 Å². The van der Waals surface area contributed by atoms with Gasteiger partial charge in [-0.25, -0.2) is 0 Å². The van der Waals surface area contributed by atoms with Gasteiger partial charge in [-0.05, 0) is 19.9 Å². The summed E-state index contributed by atoms with van der Waals surface area (Å²) in [5.74, 6) is -0.240. The van der Waals surface area contributed by atoms with Crippen LogP contribution < -0.4 is 0 Å². The normalized spacial score (nSPS) is 11.1. The van der Waals surface area contributed by atoms with Crippen LogP contribution in [0.3, 0.4) is 0 Å². The Hall–Kier alpha value is -1.18. The van der Waals surface area contributed by atoms with Gasteiger partial charge in [0.15, 0.2) is 5.78 Å². The highest BCUT2D eigenvalue weighted by atomic mass is 16.1. The minimum absolute atomic E-state index is 0.00799. The maximum Gasteiger partial charge on any atom is 0.163 e. The van der Waals surface area contributed by atoms with Crippen molar-refractivity contribution < 1.29 is 9.59 Å². The Kier molecular flexibility index (Phi) is 4.99. The standard InChI is InChI=1S/C9H12O2/c1-3-4-5-6-9(11)7-8(2)10/h3-6H,7H2,1-2H3. The van der Waals surface area contributed by atoms with Crippen molar-refractivity contribution in [1.29, 1.82) is 0 Å².